The van der Waals surface area contributed by atoms with Crippen LogP contribution in [0, 0.1) is 0 Å². The van der Waals surface area contributed by atoms with Gasteiger partial charge in [-0.25, -0.2) is 4.98 Å². The van der Waals surface area contributed by atoms with Crippen molar-refractivity contribution in [3.63, 3.8) is 0 Å². The van der Waals surface area contributed by atoms with Crippen molar-refractivity contribution in [1.82, 2.24) is 14.9 Å². The highest BCUT2D eigenvalue weighted by molar-refractivity contribution is 7.79. The van der Waals surface area contributed by atoms with Crippen LogP contribution in [0.1, 0.15) is 41.0 Å². The molecule has 0 spiro atoms. The van der Waals surface area contributed by atoms with Crippen LogP contribution in [0.15, 0.2) is 58.7 Å². The minimum atomic E-state index is -0.273. The summed E-state index contributed by atoms with van der Waals surface area (Å²) in [6.07, 6.45) is 1.50. The van der Waals surface area contributed by atoms with Gasteiger partial charge in [0.05, 0.1) is 22.5 Å². The lowest BCUT2D eigenvalue weighted by Crippen LogP contribution is -2.30. The molecule has 180 valence electrons. The van der Waals surface area contributed by atoms with Crippen molar-refractivity contribution in [2.24, 2.45) is 0 Å². The third kappa shape index (κ3) is 4.81. The molecule has 0 bridgehead atoms. The number of benzene rings is 2. The maximum atomic E-state index is 14.1. The summed E-state index contributed by atoms with van der Waals surface area (Å²) in [4.78, 5) is 31.8. The molecule has 8 heteroatoms. The molecule has 4 aromatic rings. The Labute approximate surface area is 219 Å². The van der Waals surface area contributed by atoms with E-state index in [9.17, 15) is 9.59 Å². The quantitative estimate of drug-likeness (QED) is 0.284. The van der Waals surface area contributed by atoms with Gasteiger partial charge < -0.3 is 5.32 Å². The molecular formula is C27H26ClN3O2S2. The van der Waals surface area contributed by atoms with Gasteiger partial charge in [0.25, 0.3) is 11.5 Å². The fourth-order valence-electron chi connectivity index (χ4n) is 4.18. The van der Waals surface area contributed by atoms with Crippen LogP contribution >= 0.6 is 35.6 Å². The molecule has 0 aliphatic heterocycles. The largest absolute Gasteiger partial charge is 0.355 e. The van der Waals surface area contributed by atoms with Gasteiger partial charge in [-0.15, -0.1) is 11.3 Å². The summed E-state index contributed by atoms with van der Waals surface area (Å²) in [5, 5.41) is 5.81. The van der Waals surface area contributed by atoms with Gasteiger partial charge in [0, 0.05) is 34.5 Å². The van der Waals surface area contributed by atoms with Crippen LogP contribution in [0.25, 0.3) is 27.5 Å². The van der Waals surface area contributed by atoms with Gasteiger partial charge in [-0.2, -0.15) is 12.6 Å². The Morgan fingerprint density at radius 2 is 1.77 bits per heavy atom. The van der Waals surface area contributed by atoms with Crippen LogP contribution in [0.3, 0.4) is 0 Å². The Kier molecular flexibility index (Phi) is 7.79. The fourth-order valence-corrected chi connectivity index (χ4v) is 5.46. The summed E-state index contributed by atoms with van der Waals surface area (Å²) in [5.41, 5.74) is 5.69. The first-order valence-electron chi connectivity index (χ1n) is 11.4. The number of rotatable bonds is 7. The summed E-state index contributed by atoms with van der Waals surface area (Å²) < 4.78 is 1.67. The van der Waals surface area contributed by atoms with Gasteiger partial charge in [-0.05, 0) is 42.2 Å². The van der Waals surface area contributed by atoms with Crippen molar-refractivity contribution in [3.05, 3.63) is 91.7 Å². The summed E-state index contributed by atoms with van der Waals surface area (Å²) in [7, 11) is 1.58. The zero-order valence-electron chi connectivity index (χ0n) is 19.8. The van der Waals surface area contributed by atoms with E-state index in [1.165, 1.54) is 11.3 Å². The molecule has 0 aliphatic carbocycles. The Morgan fingerprint density at radius 3 is 2.34 bits per heavy atom. The SMILES string of the molecule is CCc1cccc(CC)c1-n1c(CS)c(C(=O)NC)cc(-c2nc(-c3ccc(Cl)cc3)cs2)c1=O. The number of hydrogen-bond donors (Lipinski definition) is 2. The van der Waals surface area contributed by atoms with Crippen molar-refractivity contribution in [2.45, 2.75) is 32.4 Å². The summed E-state index contributed by atoms with van der Waals surface area (Å²) in [6, 6.07) is 15.1. The van der Waals surface area contributed by atoms with Gasteiger partial charge in [-0.3, -0.25) is 14.2 Å². The lowest BCUT2D eigenvalue weighted by Gasteiger charge is -2.21. The lowest BCUT2D eigenvalue weighted by atomic mass is 10.0. The molecule has 1 N–H and O–H groups in total. The molecule has 2 heterocycles. The fraction of sp³-hybridized carbons (Fsp3) is 0.222. The van der Waals surface area contributed by atoms with Gasteiger partial charge in [0.2, 0.25) is 0 Å². The number of para-hydroxylation sites is 1. The molecule has 0 aliphatic rings. The first-order valence-corrected chi connectivity index (χ1v) is 13.3. The molecule has 0 saturated heterocycles. The van der Waals surface area contributed by atoms with Crippen LogP contribution in [-0.4, -0.2) is 22.5 Å². The molecule has 5 nitrogen and oxygen atoms in total. The van der Waals surface area contributed by atoms with Crippen LogP contribution in [0.2, 0.25) is 5.02 Å². The molecule has 4 rings (SSSR count). The highest BCUT2D eigenvalue weighted by Gasteiger charge is 2.24. The van der Waals surface area contributed by atoms with Gasteiger partial charge in [-0.1, -0.05) is 55.8 Å². The van der Waals surface area contributed by atoms with Crippen LogP contribution in [-0.2, 0) is 18.6 Å². The van der Waals surface area contributed by atoms with E-state index < -0.39 is 0 Å². The summed E-state index contributed by atoms with van der Waals surface area (Å²) >= 11 is 11.9. The number of thiazole rings is 1. The van der Waals surface area contributed by atoms with Crippen molar-refractivity contribution >= 4 is 41.5 Å². The second-order valence-electron chi connectivity index (χ2n) is 7.97. The molecule has 2 aromatic carbocycles. The van der Waals surface area contributed by atoms with Crippen molar-refractivity contribution in [3.8, 4) is 27.5 Å². The van der Waals surface area contributed by atoms with E-state index in [1.54, 1.807) is 17.7 Å². The van der Waals surface area contributed by atoms with Crippen molar-refractivity contribution < 1.29 is 4.79 Å². The molecule has 0 radical (unpaired) electrons. The number of amides is 1. The lowest BCUT2D eigenvalue weighted by molar-refractivity contribution is 0.0961. The Balaban J connectivity index is 2.02. The summed E-state index contributed by atoms with van der Waals surface area (Å²) in [5.74, 6) is -0.0431. The monoisotopic (exact) mass is 523 g/mol. The minimum Gasteiger partial charge on any atom is -0.355 e. The molecule has 0 atom stereocenters. The number of hydrogen-bond acceptors (Lipinski definition) is 5. The third-order valence-corrected chi connectivity index (χ3v) is 7.41. The highest BCUT2D eigenvalue weighted by atomic mass is 35.5. The van der Waals surface area contributed by atoms with E-state index in [-0.39, 0.29) is 17.2 Å². The van der Waals surface area contributed by atoms with E-state index in [4.69, 9.17) is 16.6 Å². The molecule has 1 amide bonds. The zero-order chi connectivity index (χ0) is 25.1. The van der Waals surface area contributed by atoms with E-state index in [0.717, 1.165) is 40.9 Å². The molecule has 2 aromatic heterocycles. The first kappa shape index (κ1) is 25.2. The normalized spacial score (nSPS) is 11.0. The van der Waals surface area contributed by atoms with Crippen molar-refractivity contribution in [2.75, 3.05) is 7.05 Å². The molecule has 0 saturated carbocycles. The number of thiol groups is 1. The third-order valence-electron chi connectivity index (χ3n) is 5.99. The van der Waals surface area contributed by atoms with Crippen LogP contribution < -0.4 is 10.9 Å². The molecule has 0 unspecified atom stereocenters. The Hall–Kier alpha value is -2.87. The standard InChI is InChI=1S/C27H26ClN3O2S2/c1-4-16-7-6-8-17(5-2)24(16)31-23(14-34)20(25(32)29-3)13-21(27(31)33)26-30-22(15-35-26)18-9-11-19(28)12-10-18/h6-13,15,34H,4-5,14H2,1-3H3,(H,29,32). The second kappa shape index (κ2) is 10.8. The van der Waals surface area contributed by atoms with Gasteiger partial charge in [0.1, 0.15) is 5.01 Å². The number of carbonyl (C=O) groups is 1. The maximum absolute atomic E-state index is 14.1. The first-order chi connectivity index (χ1) is 16.9. The average molecular weight is 524 g/mol. The number of nitrogens with one attached hydrogen (secondary N) is 1. The molecule has 0 fully saturated rings. The zero-order valence-corrected chi connectivity index (χ0v) is 22.2. The Bertz CT molecular complexity index is 1420. The van der Waals surface area contributed by atoms with E-state index in [1.807, 2.05) is 47.8 Å². The number of pyridine rings is 1. The number of aromatic nitrogens is 2. The molecular weight excluding hydrogens is 498 g/mol. The van der Waals surface area contributed by atoms with E-state index >= 15 is 0 Å². The maximum Gasteiger partial charge on any atom is 0.265 e. The van der Waals surface area contributed by atoms with Crippen LogP contribution in [0.5, 0.6) is 0 Å². The average Bonchev–Trinajstić information content (AvgIpc) is 3.37. The minimum absolute atomic E-state index is 0.214. The number of carbonyl (C=O) groups excluding carboxylic acids is 1. The second-order valence-corrected chi connectivity index (χ2v) is 9.58. The number of halogens is 1. The van der Waals surface area contributed by atoms with Gasteiger partial charge in [0.15, 0.2) is 0 Å². The smallest absolute Gasteiger partial charge is 0.265 e. The number of aryl methyl sites for hydroxylation is 2. The van der Waals surface area contributed by atoms with Gasteiger partial charge >= 0.3 is 0 Å². The Morgan fingerprint density at radius 1 is 1.11 bits per heavy atom. The summed E-state index contributed by atoms with van der Waals surface area (Å²) in [6.45, 7) is 4.12. The van der Waals surface area contributed by atoms with E-state index in [2.05, 4.69) is 31.8 Å². The van der Waals surface area contributed by atoms with Crippen molar-refractivity contribution in [1.29, 1.82) is 0 Å². The topological polar surface area (TPSA) is 64.0 Å². The number of nitrogens with zero attached hydrogens (tertiary/aromatic N) is 2. The predicted octanol–water partition coefficient (Wildman–Crippen LogP) is 6.20. The van der Waals surface area contributed by atoms with E-state index in [0.29, 0.717) is 26.9 Å². The molecule has 35 heavy (non-hydrogen) atoms. The van der Waals surface area contributed by atoms with Crippen LogP contribution in [0.4, 0.5) is 0 Å². The predicted molar refractivity (Wildman–Crippen MR) is 148 cm³/mol. The highest BCUT2D eigenvalue weighted by Crippen LogP contribution is 2.31.